The topological polar surface area (TPSA) is 66.4 Å². The summed E-state index contributed by atoms with van der Waals surface area (Å²) in [7, 11) is 0. The lowest BCUT2D eigenvalue weighted by Gasteiger charge is -2.11. The van der Waals surface area contributed by atoms with Crippen molar-refractivity contribution in [2.45, 2.75) is 32.2 Å². The number of hydrogen-bond acceptors (Lipinski definition) is 3. The standard InChI is InChI=1S/C12H15NO3S/c1-7-4-5-17-10(7)11(14)13-9-3-2-8(6-9)12(15)16/h4-5,8-9H,2-3,6H2,1H3,(H,13,14)(H,15,16)/t8-,9+/m1/s1. The van der Waals surface area contributed by atoms with Crippen LogP contribution in [0, 0.1) is 12.8 Å². The molecule has 0 spiro atoms. The van der Waals surface area contributed by atoms with Gasteiger partial charge < -0.3 is 10.4 Å². The maximum absolute atomic E-state index is 11.9. The van der Waals surface area contributed by atoms with E-state index in [2.05, 4.69) is 5.32 Å². The molecule has 2 N–H and O–H groups in total. The highest BCUT2D eigenvalue weighted by Crippen LogP contribution is 2.26. The summed E-state index contributed by atoms with van der Waals surface area (Å²) in [6.07, 6.45) is 1.96. The molecule has 1 amide bonds. The molecule has 2 rings (SSSR count). The molecule has 0 aromatic carbocycles. The zero-order valence-corrected chi connectivity index (χ0v) is 10.4. The van der Waals surface area contributed by atoms with E-state index in [1.807, 2.05) is 18.4 Å². The Morgan fingerprint density at radius 2 is 2.24 bits per heavy atom. The summed E-state index contributed by atoms with van der Waals surface area (Å²) in [5, 5.41) is 13.7. The van der Waals surface area contributed by atoms with Gasteiger partial charge in [0.05, 0.1) is 10.8 Å². The Morgan fingerprint density at radius 3 is 2.76 bits per heavy atom. The van der Waals surface area contributed by atoms with Gasteiger partial charge in [0.15, 0.2) is 0 Å². The molecule has 0 bridgehead atoms. The smallest absolute Gasteiger partial charge is 0.306 e. The first-order valence-corrected chi connectivity index (χ1v) is 6.53. The Kier molecular flexibility index (Phi) is 3.47. The van der Waals surface area contributed by atoms with Crippen molar-refractivity contribution in [3.8, 4) is 0 Å². The van der Waals surface area contributed by atoms with Gasteiger partial charge in [-0.25, -0.2) is 0 Å². The fraction of sp³-hybridized carbons (Fsp3) is 0.500. The number of carbonyl (C=O) groups excluding carboxylic acids is 1. The van der Waals surface area contributed by atoms with Crippen LogP contribution in [-0.4, -0.2) is 23.0 Å². The van der Waals surface area contributed by atoms with E-state index in [1.54, 1.807) is 0 Å². The number of rotatable bonds is 3. The van der Waals surface area contributed by atoms with E-state index in [0.29, 0.717) is 12.8 Å². The molecule has 1 aromatic rings. The molecule has 0 radical (unpaired) electrons. The Morgan fingerprint density at radius 1 is 1.47 bits per heavy atom. The molecule has 0 unspecified atom stereocenters. The maximum Gasteiger partial charge on any atom is 0.306 e. The van der Waals surface area contributed by atoms with Crippen LogP contribution >= 0.6 is 11.3 Å². The zero-order chi connectivity index (χ0) is 12.4. The monoisotopic (exact) mass is 253 g/mol. The second-order valence-electron chi connectivity index (χ2n) is 4.45. The van der Waals surface area contributed by atoms with Gasteiger partial charge in [0, 0.05) is 6.04 Å². The number of carboxylic acid groups (broad SMARTS) is 1. The van der Waals surface area contributed by atoms with E-state index in [0.717, 1.165) is 16.9 Å². The number of aliphatic carboxylic acids is 1. The van der Waals surface area contributed by atoms with Gasteiger partial charge in [-0.3, -0.25) is 9.59 Å². The average Bonchev–Trinajstić information content (AvgIpc) is 2.86. The second kappa shape index (κ2) is 4.87. The van der Waals surface area contributed by atoms with Crippen molar-refractivity contribution in [3.05, 3.63) is 21.9 Å². The van der Waals surface area contributed by atoms with E-state index < -0.39 is 5.97 Å². The minimum absolute atomic E-state index is 0.00472. The molecule has 0 saturated heterocycles. The van der Waals surface area contributed by atoms with Gasteiger partial charge in [-0.15, -0.1) is 11.3 Å². The van der Waals surface area contributed by atoms with Crippen LogP contribution in [0.4, 0.5) is 0 Å². The third-order valence-electron chi connectivity index (χ3n) is 3.19. The average molecular weight is 253 g/mol. The molecular weight excluding hydrogens is 238 g/mol. The highest BCUT2D eigenvalue weighted by Gasteiger charge is 2.30. The van der Waals surface area contributed by atoms with Gasteiger partial charge in [-0.1, -0.05) is 0 Å². The lowest BCUT2D eigenvalue weighted by Crippen LogP contribution is -2.33. The van der Waals surface area contributed by atoms with Crippen LogP contribution in [-0.2, 0) is 4.79 Å². The molecule has 1 fully saturated rings. The van der Waals surface area contributed by atoms with Crippen LogP contribution in [0.3, 0.4) is 0 Å². The molecule has 1 aromatic heterocycles. The van der Waals surface area contributed by atoms with E-state index >= 15 is 0 Å². The van der Waals surface area contributed by atoms with Crippen molar-refractivity contribution in [2.75, 3.05) is 0 Å². The number of nitrogens with one attached hydrogen (secondary N) is 1. The summed E-state index contributed by atoms with van der Waals surface area (Å²) >= 11 is 1.42. The van der Waals surface area contributed by atoms with Crippen molar-refractivity contribution < 1.29 is 14.7 Å². The number of carbonyl (C=O) groups is 2. The Hall–Kier alpha value is -1.36. The molecule has 5 heteroatoms. The molecule has 92 valence electrons. The summed E-state index contributed by atoms with van der Waals surface area (Å²) in [5.41, 5.74) is 0.972. The SMILES string of the molecule is Cc1ccsc1C(=O)N[C@H]1CC[C@@H](C(=O)O)C1. The Balaban J connectivity index is 1.93. The van der Waals surface area contributed by atoms with Crippen LogP contribution < -0.4 is 5.32 Å². The first-order valence-electron chi connectivity index (χ1n) is 5.65. The minimum Gasteiger partial charge on any atom is -0.481 e. The maximum atomic E-state index is 11.9. The van der Waals surface area contributed by atoms with Crippen LogP contribution in [0.1, 0.15) is 34.5 Å². The quantitative estimate of drug-likeness (QED) is 0.866. The van der Waals surface area contributed by atoms with Crippen molar-refractivity contribution in [2.24, 2.45) is 5.92 Å². The molecule has 0 aliphatic heterocycles. The molecule has 1 aliphatic carbocycles. The van der Waals surface area contributed by atoms with Crippen LogP contribution in [0.15, 0.2) is 11.4 Å². The third-order valence-corrected chi connectivity index (χ3v) is 4.20. The highest BCUT2D eigenvalue weighted by atomic mass is 32.1. The van der Waals surface area contributed by atoms with E-state index in [1.165, 1.54) is 11.3 Å². The van der Waals surface area contributed by atoms with Gasteiger partial charge >= 0.3 is 5.97 Å². The Labute approximate surface area is 104 Å². The van der Waals surface area contributed by atoms with Gasteiger partial charge in [0.1, 0.15) is 0 Å². The van der Waals surface area contributed by atoms with Crippen LogP contribution in [0.25, 0.3) is 0 Å². The third kappa shape index (κ3) is 2.66. The first-order chi connectivity index (χ1) is 8.08. The number of amides is 1. The fourth-order valence-electron chi connectivity index (χ4n) is 2.19. The van der Waals surface area contributed by atoms with Crippen molar-refractivity contribution in [1.82, 2.24) is 5.32 Å². The number of carboxylic acids is 1. The van der Waals surface area contributed by atoms with Crippen molar-refractivity contribution >= 4 is 23.2 Å². The molecular formula is C12H15NO3S. The molecule has 17 heavy (non-hydrogen) atoms. The number of thiophene rings is 1. The highest BCUT2D eigenvalue weighted by molar-refractivity contribution is 7.12. The fourth-order valence-corrected chi connectivity index (χ4v) is 3.02. The molecule has 4 nitrogen and oxygen atoms in total. The van der Waals surface area contributed by atoms with Gasteiger partial charge in [0.25, 0.3) is 5.91 Å². The first kappa shape index (κ1) is 12.1. The van der Waals surface area contributed by atoms with E-state index in [4.69, 9.17) is 5.11 Å². The predicted octanol–water partition coefficient (Wildman–Crippen LogP) is 2.04. The Bertz CT molecular complexity index is 441. The van der Waals surface area contributed by atoms with Crippen LogP contribution in [0.5, 0.6) is 0 Å². The van der Waals surface area contributed by atoms with Crippen molar-refractivity contribution in [3.63, 3.8) is 0 Å². The minimum atomic E-state index is -0.756. The van der Waals surface area contributed by atoms with Gasteiger partial charge in [-0.2, -0.15) is 0 Å². The summed E-state index contributed by atoms with van der Waals surface area (Å²) in [4.78, 5) is 23.4. The number of hydrogen-bond donors (Lipinski definition) is 2. The number of aryl methyl sites for hydroxylation is 1. The van der Waals surface area contributed by atoms with Crippen LogP contribution in [0.2, 0.25) is 0 Å². The van der Waals surface area contributed by atoms with Gasteiger partial charge in [-0.05, 0) is 43.2 Å². The molecule has 1 heterocycles. The molecule has 1 aliphatic rings. The summed E-state index contributed by atoms with van der Waals surface area (Å²) < 4.78 is 0. The van der Waals surface area contributed by atoms with Gasteiger partial charge in [0.2, 0.25) is 0 Å². The summed E-state index contributed by atoms with van der Waals surface area (Å²) in [6.45, 7) is 1.90. The lowest BCUT2D eigenvalue weighted by atomic mass is 10.1. The molecule has 1 saturated carbocycles. The molecule has 2 atom stereocenters. The zero-order valence-electron chi connectivity index (χ0n) is 9.60. The largest absolute Gasteiger partial charge is 0.481 e. The van der Waals surface area contributed by atoms with E-state index in [9.17, 15) is 9.59 Å². The summed E-state index contributed by atoms with van der Waals surface area (Å²) in [5.74, 6) is -1.13. The predicted molar refractivity (Wildman–Crippen MR) is 65.3 cm³/mol. The van der Waals surface area contributed by atoms with E-state index in [-0.39, 0.29) is 17.9 Å². The van der Waals surface area contributed by atoms with Crippen molar-refractivity contribution in [1.29, 1.82) is 0 Å². The normalized spacial score (nSPS) is 23.6. The summed E-state index contributed by atoms with van der Waals surface area (Å²) in [6, 6.07) is 1.92. The lowest BCUT2D eigenvalue weighted by molar-refractivity contribution is -0.141. The second-order valence-corrected chi connectivity index (χ2v) is 5.37.